The van der Waals surface area contributed by atoms with Crippen molar-refractivity contribution < 1.29 is 28.3 Å². The third-order valence-corrected chi connectivity index (χ3v) is 2.94. The van der Waals surface area contributed by atoms with E-state index in [1.165, 1.54) is 18.2 Å². The molecular weight excluding hydrogens is 314 g/mol. The predicted molar refractivity (Wildman–Crippen MR) is 72.4 cm³/mol. The van der Waals surface area contributed by atoms with E-state index < -0.39 is 17.0 Å². The summed E-state index contributed by atoms with van der Waals surface area (Å²) in [7, 11) is 0. The lowest BCUT2D eigenvalue weighted by atomic mass is 10.2. The minimum absolute atomic E-state index is 0.00203. The average Bonchev–Trinajstić information content (AvgIpc) is 2.79. The van der Waals surface area contributed by atoms with Crippen LogP contribution in [0.3, 0.4) is 0 Å². The number of nitrogens with zero attached hydrogens (tertiary/aromatic N) is 2. The van der Waals surface area contributed by atoms with E-state index in [1.54, 1.807) is 0 Å². The summed E-state index contributed by atoms with van der Waals surface area (Å²) in [5.41, 5.74) is -0.0328. The number of halogens is 2. The first-order valence-electron chi connectivity index (χ1n) is 6.23. The Hall–Kier alpha value is -3.23. The third kappa shape index (κ3) is 3.03. The summed E-state index contributed by atoms with van der Waals surface area (Å²) in [6.45, 7) is 0. The van der Waals surface area contributed by atoms with Gasteiger partial charge in [0.1, 0.15) is 0 Å². The number of benzene rings is 2. The number of nitro benzene ring substituents is 1. The predicted octanol–water partition coefficient (Wildman–Crippen LogP) is 2.74. The first-order chi connectivity index (χ1) is 10.8. The molecule has 23 heavy (non-hydrogen) atoms. The van der Waals surface area contributed by atoms with Crippen LogP contribution >= 0.6 is 0 Å². The molecule has 0 fully saturated rings. The van der Waals surface area contributed by atoms with Gasteiger partial charge in [-0.3, -0.25) is 15.1 Å². The van der Waals surface area contributed by atoms with Crippen molar-refractivity contribution in [1.82, 2.24) is 0 Å². The van der Waals surface area contributed by atoms with Crippen LogP contribution in [0.2, 0.25) is 0 Å². The summed E-state index contributed by atoms with van der Waals surface area (Å²) in [5, 5.41) is 22.3. The molecule has 0 amide bonds. The lowest BCUT2D eigenvalue weighted by Crippen LogP contribution is -2.25. The second-order valence-corrected chi connectivity index (χ2v) is 4.54. The summed E-state index contributed by atoms with van der Waals surface area (Å²) in [4.78, 5) is 14.0. The van der Waals surface area contributed by atoms with Gasteiger partial charge in [-0.1, -0.05) is 11.8 Å². The van der Waals surface area contributed by atoms with Crippen molar-refractivity contribution in [1.29, 1.82) is 0 Å². The minimum atomic E-state index is -3.73. The van der Waals surface area contributed by atoms with Gasteiger partial charge < -0.3 is 14.6 Å². The number of rotatable bonds is 3. The van der Waals surface area contributed by atoms with Crippen LogP contribution in [0, 0.1) is 10.1 Å². The Kier molecular flexibility index (Phi) is 3.32. The second-order valence-electron chi connectivity index (χ2n) is 4.54. The van der Waals surface area contributed by atoms with Crippen molar-refractivity contribution in [2.24, 2.45) is 4.99 Å². The molecule has 2 aromatic rings. The van der Waals surface area contributed by atoms with E-state index in [2.05, 4.69) is 14.5 Å². The van der Waals surface area contributed by atoms with Gasteiger partial charge in [0.15, 0.2) is 11.5 Å². The van der Waals surface area contributed by atoms with Gasteiger partial charge in [-0.2, -0.15) is 0 Å². The highest BCUT2D eigenvalue weighted by atomic mass is 19.3. The van der Waals surface area contributed by atoms with E-state index in [4.69, 9.17) is 0 Å². The van der Waals surface area contributed by atoms with Gasteiger partial charge in [-0.15, -0.1) is 8.78 Å². The molecule has 0 aromatic heterocycles. The van der Waals surface area contributed by atoms with Gasteiger partial charge in [0, 0.05) is 24.4 Å². The Morgan fingerprint density at radius 3 is 2.61 bits per heavy atom. The zero-order valence-electron chi connectivity index (χ0n) is 11.2. The van der Waals surface area contributed by atoms with Crippen LogP contribution in [-0.4, -0.2) is 17.4 Å². The highest BCUT2D eigenvalue weighted by Gasteiger charge is 2.43. The Balaban J connectivity index is 1.87. The van der Waals surface area contributed by atoms with E-state index in [1.807, 2.05) is 0 Å². The number of hydrogen-bond donors (Lipinski definition) is 0. The van der Waals surface area contributed by atoms with Crippen LogP contribution in [0.4, 0.5) is 20.2 Å². The number of aliphatic imine (C=N–C) groups is 1. The fraction of sp³-hybridized carbons (Fsp3) is 0.0714. The molecule has 0 aliphatic carbocycles. The molecule has 2 aromatic carbocycles. The summed E-state index contributed by atoms with van der Waals surface area (Å²) >= 11 is 0. The molecule has 0 radical (unpaired) electrons. The lowest BCUT2D eigenvalue weighted by molar-refractivity contribution is -0.385. The summed E-state index contributed by atoms with van der Waals surface area (Å²) < 4.78 is 34.3. The second kappa shape index (κ2) is 5.20. The van der Waals surface area contributed by atoms with Crippen LogP contribution < -0.4 is 14.6 Å². The summed E-state index contributed by atoms with van der Waals surface area (Å²) in [6, 6.07) is 7.04. The van der Waals surface area contributed by atoms with Gasteiger partial charge in [-0.25, -0.2) is 0 Å². The molecule has 0 saturated heterocycles. The molecule has 0 N–H and O–H groups in total. The highest BCUT2D eigenvalue weighted by Crippen LogP contribution is 2.42. The maximum absolute atomic E-state index is 12.9. The Morgan fingerprint density at radius 2 is 1.87 bits per heavy atom. The van der Waals surface area contributed by atoms with E-state index in [0.717, 1.165) is 24.4 Å². The van der Waals surface area contributed by atoms with Gasteiger partial charge in [0.25, 0.3) is 5.69 Å². The minimum Gasteiger partial charge on any atom is -0.872 e. The first kappa shape index (κ1) is 14.7. The molecule has 7 nitrogen and oxygen atoms in total. The van der Waals surface area contributed by atoms with Crippen LogP contribution in [0.1, 0.15) is 5.56 Å². The maximum Gasteiger partial charge on any atom is 0.586 e. The summed E-state index contributed by atoms with van der Waals surface area (Å²) in [6.07, 6.45) is -2.61. The molecule has 1 aliphatic heterocycles. The van der Waals surface area contributed by atoms with Gasteiger partial charge >= 0.3 is 6.29 Å². The van der Waals surface area contributed by atoms with Crippen LogP contribution in [0.25, 0.3) is 0 Å². The monoisotopic (exact) mass is 321 g/mol. The van der Waals surface area contributed by atoms with Crippen LogP contribution in [0.15, 0.2) is 41.4 Å². The van der Waals surface area contributed by atoms with E-state index in [9.17, 15) is 24.0 Å². The normalized spacial score (nSPS) is 15.0. The third-order valence-electron chi connectivity index (χ3n) is 2.94. The largest absolute Gasteiger partial charge is 0.872 e. The van der Waals surface area contributed by atoms with Crippen molar-refractivity contribution in [2.75, 3.05) is 0 Å². The standard InChI is InChI=1S/C14H8F2N2O5/c15-14(16)22-12-4-1-9(6-13(12)23-14)17-7-8-5-10(18(20)21)2-3-11(8)19/h1-7,19H/p-1. The number of fused-ring (bicyclic) bond motifs is 1. The van der Waals surface area contributed by atoms with Crippen molar-refractivity contribution in [3.63, 3.8) is 0 Å². The quantitative estimate of drug-likeness (QED) is 0.492. The Bertz CT molecular complexity index is 823. The Morgan fingerprint density at radius 1 is 1.13 bits per heavy atom. The van der Waals surface area contributed by atoms with E-state index in [0.29, 0.717) is 0 Å². The van der Waals surface area contributed by atoms with E-state index >= 15 is 0 Å². The first-order valence-corrected chi connectivity index (χ1v) is 6.23. The van der Waals surface area contributed by atoms with Crippen molar-refractivity contribution in [3.05, 3.63) is 52.1 Å². The smallest absolute Gasteiger partial charge is 0.586 e. The molecular formula is C14H7F2N2O5-. The molecule has 1 aliphatic rings. The fourth-order valence-electron chi connectivity index (χ4n) is 1.91. The maximum atomic E-state index is 12.9. The molecule has 3 rings (SSSR count). The van der Waals surface area contributed by atoms with Crippen LogP contribution in [-0.2, 0) is 0 Å². The number of ether oxygens (including phenoxy) is 2. The number of non-ortho nitro benzene ring substituents is 1. The molecule has 9 heteroatoms. The SMILES string of the molecule is O=[N+]([O-])c1ccc([O-])c(C=Nc2ccc3c(c2)OC(F)(F)O3)c1. The highest BCUT2D eigenvalue weighted by molar-refractivity contribution is 5.86. The number of alkyl halides is 2. The van der Waals surface area contributed by atoms with Gasteiger partial charge in [0.2, 0.25) is 0 Å². The average molecular weight is 321 g/mol. The number of nitro groups is 1. The van der Waals surface area contributed by atoms with Gasteiger partial charge in [-0.05, 0) is 17.7 Å². The molecule has 0 atom stereocenters. The fourth-order valence-corrected chi connectivity index (χ4v) is 1.91. The van der Waals surface area contributed by atoms with Crippen molar-refractivity contribution in [3.8, 4) is 17.2 Å². The molecule has 0 bridgehead atoms. The number of hydrogen-bond acceptors (Lipinski definition) is 6. The Labute approximate surface area is 127 Å². The molecule has 118 valence electrons. The van der Waals surface area contributed by atoms with Crippen molar-refractivity contribution >= 4 is 17.6 Å². The lowest BCUT2D eigenvalue weighted by Gasteiger charge is -2.08. The topological polar surface area (TPSA) is 97.0 Å². The summed E-state index contributed by atoms with van der Waals surface area (Å²) in [5.74, 6) is -0.772. The van der Waals surface area contributed by atoms with E-state index in [-0.39, 0.29) is 28.4 Å². The molecule has 0 unspecified atom stereocenters. The zero-order valence-corrected chi connectivity index (χ0v) is 11.2. The molecule has 0 spiro atoms. The molecule has 1 heterocycles. The van der Waals surface area contributed by atoms with Gasteiger partial charge in [0.05, 0.1) is 10.6 Å². The van der Waals surface area contributed by atoms with Crippen molar-refractivity contribution in [2.45, 2.75) is 6.29 Å². The zero-order chi connectivity index (χ0) is 16.6. The van der Waals surface area contributed by atoms with Crippen LogP contribution in [0.5, 0.6) is 17.2 Å². The molecule has 0 saturated carbocycles.